The van der Waals surface area contributed by atoms with Gasteiger partial charge < -0.3 is 14.2 Å². The van der Waals surface area contributed by atoms with E-state index in [9.17, 15) is 4.79 Å². The molecule has 2 aromatic rings. The Labute approximate surface area is 133 Å². The Morgan fingerprint density at radius 1 is 1.22 bits per heavy atom. The summed E-state index contributed by atoms with van der Waals surface area (Å²) in [6.45, 7) is -0.173. The van der Waals surface area contributed by atoms with Gasteiger partial charge in [-0.1, -0.05) is 30.3 Å². The molecule has 1 atom stereocenters. The second kappa shape index (κ2) is 7.75. The zero-order valence-corrected chi connectivity index (χ0v) is 12.7. The van der Waals surface area contributed by atoms with Crippen molar-refractivity contribution in [3.05, 3.63) is 47.8 Å². The van der Waals surface area contributed by atoms with E-state index in [4.69, 9.17) is 19.5 Å². The van der Waals surface area contributed by atoms with Crippen LogP contribution in [0.1, 0.15) is 17.3 Å². The molecule has 1 aromatic heterocycles. The van der Waals surface area contributed by atoms with Gasteiger partial charge in [-0.2, -0.15) is 15.2 Å². The molecule has 0 aliphatic heterocycles. The zero-order chi connectivity index (χ0) is 16.7. The predicted octanol–water partition coefficient (Wildman–Crippen LogP) is 1.69. The average molecular weight is 313 g/mol. The van der Waals surface area contributed by atoms with Gasteiger partial charge in [-0.05, 0) is 5.56 Å². The topological polar surface area (TPSA) is 94.3 Å². The molecule has 7 heteroatoms. The molecule has 0 spiro atoms. The van der Waals surface area contributed by atoms with E-state index in [-0.39, 0.29) is 24.2 Å². The number of methoxy groups -OCH3 is 2. The van der Waals surface area contributed by atoms with Gasteiger partial charge in [-0.3, -0.25) is 4.79 Å². The van der Waals surface area contributed by atoms with Gasteiger partial charge in [0.2, 0.25) is 11.8 Å². The highest BCUT2D eigenvalue weighted by atomic mass is 16.5. The number of hydrogen-bond acceptors (Lipinski definition) is 7. The minimum Gasteiger partial charge on any atom is -0.481 e. The lowest BCUT2D eigenvalue weighted by Crippen LogP contribution is -2.19. The summed E-state index contributed by atoms with van der Waals surface area (Å²) in [6.07, 6.45) is 0. The van der Waals surface area contributed by atoms with Crippen molar-refractivity contribution in [2.45, 2.75) is 5.92 Å². The predicted molar refractivity (Wildman–Crippen MR) is 80.0 cm³/mol. The van der Waals surface area contributed by atoms with Gasteiger partial charge in [0.1, 0.15) is 12.0 Å². The molecular weight excluding hydrogens is 298 g/mol. The minimum absolute atomic E-state index is 0.151. The van der Waals surface area contributed by atoms with Crippen LogP contribution < -0.4 is 9.47 Å². The summed E-state index contributed by atoms with van der Waals surface area (Å²) in [7, 11) is 2.74. The Kier molecular flexibility index (Phi) is 5.47. The Bertz CT molecular complexity index is 713. The fraction of sp³-hybridized carbons (Fsp3) is 0.250. The largest absolute Gasteiger partial charge is 0.481 e. The van der Waals surface area contributed by atoms with E-state index in [0.29, 0.717) is 5.56 Å². The summed E-state index contributed by atoms with van der Waals surface area (Å²) >= 11 is 0. The Morgan fingerprint density at radius 3 is 2.52 bits per heavy atom. The summed E-state index contributed by atoms with van der Waals surface area (Å²) < 4.78 is 15.2. The number of benzene rings is 1. The van der Waals surface area contributed by atoms with Crippen LogP contribution >= 0.6 is 0 Å². The highest BCUT2D eigenvalue weighted by Gasteiger charge is 2.27. The lowest BCUT2D eigenvalue weighted by Gasteiger charge is -2.15. The number of nitriles is 1. The van der Waals surface area contributed by atoms with E-state index < -0.39 is 11.9 Å². The number of aromatic nitrogens is 2. The van der Waals surface area contributed by atoms with Crippen LogP contribution in [0.15, 0.2) is 36.4 Å². The normalized spacial score (nSPS) is 11.2. The lowest BCUT2D eigenvalue weighted by atomic mass is 9.98. The molecule has 0 amide bonds. The molecule has 118 valence electrons. The quantitative estimate of drug-likeness (QED) is 0.749. The highest BCUT2D eigenvalue weighted by molar-refractivity contribution is 5.81. The number of hydrogen-bond donors (Lipinski definition) is 0. The summed E-state index contributed by atoms with van der Waals surface area (Å²) in [4.78, 5) is 20.6. The Hall–Kier alpha value is -3.14. The van der Waals surface area contributed by atoms with E-state index in [1.54, 1.807) is 24.3 Å². The number of esters is 1. The Balaban J connectivity index is 2.49. The monoisotopic (exact) mass is 313 g/mol. The first-order chi connectivity index (χ1) is 11.2. The summed E-state index contributed by atoms with van der Waals surface area (Å²) in [6, 6.07) is 12.3. The molecule has 1 aromatic carbocycles. The van der Waals surface area contributed by atoms with Crippen LogP contribution in [-0.4, -0.2) is 36.8 Å². The molecule has 2 rings (SSSR count). The minimum atomic E-state index is -0.819. The fourth-order valence-corrected chi connectivity index (χ4v) is 1.99. The fourth-order valence-electron chi connectivity index (χ4n) is 1.99. The number of nitrogens with zero attached hydrogens (tertiary/aromatic N) is 3. The SMILES string of the molecule is COC(=O)C(c1ccccc1)c1nc(OC)cc(OCC#N)n1. The maximum Gasteiger partial charge on any atom is 0.320 e. The maximum atomic E-state index is 12.2. The van der Waals surface area contributed by atoms with Crippen molar-refractivity contribution in [2.75, 3.05) is 20.8 Å². The van der Waals surface area contributed by atoms with Crippen LogP contribution in [0.5, 0.6) is 11.8 Å². The number of ether oxygens (including phenoxy) is 3. The van der Waals surface area contributed by atoms with Crippen molar-refractivity contribution in [3.8, 4) is 17.8 Å². The van der Waals surface area contributed by atoms with E-state index in [1.807, 2.05) is 12.1 Å². The van der Waals surface area contributed by atoms with Crippen LogP contribution in [0.4, 0.5) is 0 Å². The van der Waals surface area contributed by atoms with Gasteiger partial charge in [0, 0.05) is 0 Å². The number of rotatable bonds is 6. The van der Waals surface area contributed by atoms with Crippen molar-refractivity contribution >= 4 is 5.97 Å². The molecule has 1 heterocycles. The van der Waals surface area contributed by atoms with Gasteiger partial charge in [0.25, 0.3) is 0 Å². The van der Waals surface area contributed by atoms with Crippen molar-refractivity contribution in [3.63, 3.8) is 0 Å². The van der Waals surface area contributed by atoms with Crippen LogP contribution in [0.2, 0.25) is 0 Å². The van der Waals surface area contributed by atoms with Crippen molar-refractivity contribution in [1.82, 2.24) is 9.97 Å². The van der Waals surface area contributed by atoms with Gasteiger partial charge in [0.05, 0.1) is 20.3 Å². The molecule has 0 fully saturated rings. The number of carbonyl (C=O) groups excluding carboxylic acids is 1. The van der Waals surface area contributed by atoms with Gasteiger partial charge in [-0.25, -0.2) is 0 Å². The lowest BCUT2D eigenvalue weighted by molar-refractivity contribution is -0.141. The zero-order valence-electron chi connectivity index (χ0n) is 12.7. The molecule has 0 saturated carbocycles. The van der Waals surface area contributed by atoms with Gasteiger partial charge in [-0.15, -0.1) is 0 Å². The molecule has 0 radical (unpaired) electrons. The standard InChI is InChI=1S/C16H15N3O4/c1-21-12-10-13(23-9-8-17)19-15(18-12)14(16(20)22-2)11-6-4-3-5-7-11/h3-7,10,14H,9H2,1-2H3. The van der Waals surface area contributed by atoms with Crippen molar-refractivity contribution in [1.29, 1.82) is 5.26 Å². The molecule has 7 nitrogen and oxygen atoms in total. The van der Waals surface area contributed by atoms with Gasteiger partial charge in [0.15, 0.2) is 12.4 Å². The summed E-state index contributed by atoms with van der Waals surface area (Å²) in [5.41, 5.74) is 0.679. The highest BCUT2D eigenvalue weighted by Crippen LogP contribution is 2.27. The third kappa shape index (κ3) is 3.95. The van der Waals surface area contributed by atoms with E-state index >= 15 is 0 Å². The van der Waals surface area contributed by atoms with Crippen molar-refractivity contribution < 1.29 is 19.0 Å². The molecule has 0 N–H and O–H groups in total. The molecular formula is C16H15N3O4. The molecule has 0 aliphatic rings. The van der Waals surface area contributed by atoms with E-state index in [2.05, 4.69) is 9.97 Å². The van der Waals surface area contributed by atoms with E-state index in [1.165, 1.54) is 20.3 Å². The Morgan fingerprint density at radius 2 is 1.91 bits per heavy atom. The summed E-state index contributed by atoms with van der Waals surface area (Å²) in [5.74, 6) is -0.766. The van der Waals surface area contributed by atoms with Crippen molar-refractivity contribution in [2.24, 2.45) is 0 Å². The first-order valence-corrected chi connectivity index (χ1v) is 6.75. The van der Waals surface area contributed by atoms with Crippen LogP contribution in [-0.2, 0) is 9.53 Å². The molecule has 23 heavy (non-hydrogen) atoms. The van der Waals surface area contributed by atoms with Crippen LogP contribution in [0.3, 0.4) is 0 Å². The molecule has 0 aliphatic carbocycles. The number of carbonyl (C=O) groups is 1. The first kappa shape index (κ1) is 16.2. The maximum absolute atomic E-state index is 12.2. The molecule has 1 unspecified atom stereocenters. The smallest absolute Gasteiger partial charge is 0.320 e. The second-order valence-corrected chi connectivity index (χ2v) is 4.42. The third-order valence-electron chi connectivity index (χ3n) is 3.02. The average Bonchev–Trinajstić information content (AvgIpc) is 2.60. The summed E-state index contributed by atoms with van der Waals surface area (Å²) in [5, 5.41) is 8.61. The second-order valence-electron chi connectivity index (χ2n) is 4.42. The van der Waals surface area contributed by atoms with E-state index in [0.717, 1.165) is 0 Å². The van der Waals surface area contributed by atoms with Crippen LogP contribution in [0.25, 0.3) is 0 Å². The molecule has 0 saturated heterocycles. The van der Waals surface area contributed by atoms with Crippen LogP contribution in [0, 0.1) is 11.3 Å². The molecule has 0 bridgehead atoms. The first-order valence-electron chi connectivity index (χ1n) is 6.75. The van der Waals surface area contributed by atoms with Gasteiger partial charge >= 0.3 is 5.97 Å². The third-order valence-corrected chi connectivity index (χ3v) is 3.02.